The summed E-state index contributed by atoms with van der Waals surface area (Å²) in [6.07, 6.45) is 0.471. The highest BCUT2D eigenvalue weighted by Gasteiger charge is 2.22. The van der Waals surface area contributed by atoms with E-state index in [4.69, 9.17) is 9.84 Å². The van der Waals surface area contributed by atoms with Gasteiger partial charge in [-0.3, -0.25) is 10.1 Å². The SMILES string of the molecule is CC(C)(C)c1cc(OCCCO)cc(N=Nc2ccccc2[N+](=O)[O-])c1O. The molecule has 2 aromatic carbocycles. The van der Waals surface area contributed by atoms with Gasteiger partial charge in [-0.2, -0.15) is 0 Å². The van der Waals surface area contributed by atoms with E-state index in [9.17, 15) is 15.2 Å². The first-order valence-electron chi connectivity index (χ1n) is 8.50. The number of ether oxygens (including phenoxy) is 1. The molecular formula is C19H23N3O5. The summed E-state index contributed by atoms with van der Waals surface area (Å²) in [5.41, 5.74) is 0.293. The molecule has 0 bridgehead atoms. The number of nitro groups is 1. The Balaban J connectivity index is 2.46. The lowest BCUT2D eigenvalue weighted by Crippen LogP contribution is -2.12. The first kappa shape index (κ1) is 20.3. The molecule has 0 radical (unpaired) electrons. The molecule has 0 fully saturated rings. The molecule has 0 heterocycles. The van der Waals surface area contributed by atoms with E-state index in [0.29, 0.717) is 24.3 Å². The van der Waals surface area contributed by atoms with Crippen LogP contribution in [0.5, 0.6) is 11.5 Å². The van der Waals surface area contributed by atoms with Crippen LogP contribution in [-0.4, -0.2) is 28.4 Å². The summed E-state index contributed by atoms with van der Waals surface area (Å²) in [6.45, 7) is 6.12. The van der Waals surface area contributed by atoms with Crippen LogP contribution in [0.15, 0.2) is 46.6 Å². The number of benzene rings is 2. The van der Waals surface area contributed by atoms with E-state index in [1.54, 1.807) is 18.2 Å². The minimum Gasteiger partial charge on any atom is -0.505 e. The maximum Gasteiger partial charge on any atom is 0.296 e. The van der Waals surface area contributed by atoms with Gasteiger partial charge in [0.2, 0.25) is 0 Å². The quantitative estimate of drug-likeness (QED) is 0.313. The second kappa shape index (κ2) is 8.59. The number of phenols is 1. The molecule has 0 unspecified atom stereocenters. The molecule has 0 aliphatic heterocycles. The first-order valence-corrected chi connectivity index (χ1v) is 8.50. The molecule has 8 nitrogen and oxygen atoms in total. The Labute approximate surface area is 157 Å². The van der Waals surface area contributed by atoms with Crippen molar-refractivity contribution in [2.45, 2.75) is 32.6 Å². The maximum absolute atomic E-state index is 11.1. The molecule has 2 aromatic rings. The lowest BCUT2D eigenvalue weighted by atomic mass is 9.86. The number of nitrogens with zero attached hydrogens (tertiary/aromatic N) is 3. The highest BCUT2D eigenvalue weighted by Crippen LogP contribution is 2.42. The Hall–Kier alpha value is -3.00. The minimum atomic E-state index is -0.538. The van der Waals surface area contributed by atoms with E-state index < -0.39 is 4.92 Å². The Bertz CT molecular complexity index is 844. The Kier molecular flexibility index (Phi) is 6.46. The third-order valence-corrected chi connectivity index (χ3v) is 3.79. The molecule has 0 aliphatic carbocycles. The van der Waals surface area contributed by atoms with Gasteiger partial charge in [-0.1, -0.05) is 32.9 Å². The fraction of sp³-hybridized carbons (Fsp3) is 0.368. The molecule has 0 saturated carbocycles. The average Bonchev–Trinajstić information content (AvgIpc) is 2.61. The van der Waals surface area contributed by atoms with Crippen LogP contribution in [0.2, 0.25) is 0 Å². The zero-order valence-corrected chi connectivity index (χ0v) is 15.5. The molecule has 0 saturated heterocycles. The average molecular weight is 373 g/mol. The summed E-state index contributed by atoms with van der Waals surface area (Å²) in [5.74, 6) is 0.419. The lowest BCUT2D eigenvalue weighted by Gasteiger charge is -2.22. The number of aliphatic hydroxyl groups is 1. The van der Waals surface area contributed by atoms with Crippen molar-refractivity contribution in [1.29, 1.82) is 0 Å². The maximum atomic E-state index is 11.1. The second-order valence-corrected chi connectivity index (χ2v) is 6.96. The fourth-order valence-electron chi connectivity index (χ4n) is 2.39. The molecule has 0 aromatic heterocycles. The van der Waals surface area contributed by atoms with Gasteiger partial charge in [-0.05, 0) is 17.5 Å². The van der Waals surface area contributed by atoms with Gasteiger partial charge in [-0.25, -0.2) is 0 Å². The zero-order valence-electron chi connectivity index (χ0n) is 15.5. The number of para-hydroxylation sites is 1. The highest BCUT2D eigenvalue weighted by molar-refractivity contribution is 5.62. The van der Waals surface area contributed by atoms with E-state index in [1.807, 2.05) is 20.8 Å². The van der Waals surface area contributed by atoms with Crippen LogP contribution < -0.4 is 4.74 Å². The predicted octanol–water partition coefficient (Wildman–Crippen LogP) is 4.77. The van der Waals surface area contributed by atoms with Crippen molar-refractivity contribution in [3.05, 3.63) is 52.1 Å². The molecule has 8 heteroatoms. The van der Waals surface area contributed by atoms with Crippen molar-refractivity contribution in [3.63, 3.8) is 0 Å². The monoisotopic (exact) mass is 373 g/mol. The van der Waals surface area contributed by atoms with Gasteiger partial charge in [0.25, 0.3) is 5.69 Å². The number of hydrogen-bond donors (Lipinski definition) is 2. The van der Waals surface area contributed by atoms with Gasteiger partial charge in [0.1, 0.15) is 17.2 Å². The third-order valence-electron chi connectivity index (χ3n) is 3.79. The molecule has 0 aliphatic rings. The van der Waals surface area contributed by atoms with E-state index in [-0.39, 0.29) is 34.8 Å². The largest absolute Gasteiger partial charge is 0.505 e. The summed E-state index contributed by atoms with van der Waals surface area (Å²) in [4.78, 5) is 10.6. The number of phenolic OH excluding ortho intramolecular Hbond substituents is 1. The van der Waals surface area contributed by atoms with Crippen molar-refractivity contribution in [2.24, 2.45) is 10.2 Å². The van der Waals surface area contributed by atoms with E-state index in [1.165, 1.54) is 18.2 Å². The van der Waals surface area contributed by atoms with Crippen LogP contribution in [-0.2, 0) is 5.41 Å². The van der Waals surface area contributed by atoms with Gasteiger partial charge in [0.15, 0.2) is 5.69 Å². The number of nitro benzene ring substituents is 1. The fourth-order valence-corrected chi connectivity index (χ4v) is 2.39. The van der Waals surface area contributed by atoms with Crippen LogP contribution in [0.3, 0.4) is 0 Å². The second-order valence-electron chi connectivity index (χ2n) is 6.96. The lowest BCUT2D eigenvalue weighted by molar-refractivity contribution is -0.384. The molecule has 0 amide bonds. The van der Waals surface area contributed by atoms with Crippen molar-refractivity contribution in [3.8, 4) is 11.5 Å². The number of hydrogen-bond acceptors (Lipinski definition) is 7. The molecule has 2 rings (SSSR count). The van der Waals surface area contributed by atoms with Crippen LogP contribution in [0.1, 0.15) is 32.8 Å². The standard InChI is InChI=1S/C19H23N3O5/c1-19(2,3)14-11-13(27-10-6-9-23)12-16(18(14)24)21-20-15-7-4-5-8-17(15)22(25)26/h4-5,7-8,11-12,23-24H,6,9-10H2,1-3H3. The zero-order chi connectivity index (χ0) is 20.0. The van der Waals surface area contributed by atoms with E-state index in [2.05, 4.69) is 10.2 Å². The topological polar surface area (TPSA) is 118 Å². The van der Waals surface area contributed by atoms with E-state index >= 15 is 0 Å². The number of aromatic hydroxyl groups is 1. The molecule has 27 heavy (non-hydrogen) atoms. The van der Waals surface area contributed by atoms with Crippen molar-refractivity contribution < 1.29 is 19.9 Å². The number of azo groups is 1. The minimum absolute atomic E-state index is 0.00838. The third kappa shape index (κ3) is 5.24. The Morgan fingerprint density at radius 1 is 1.15 bits per heavy atom. The molecule has 0 atom stereocenters. The molecule has 144 valence electrons. The van der Waals surface area contributed by atoms with Crippen molar-refractivity contribution in [2.75, 3.05) is 13.2 Å². The summed E-state index contributed by atoms with van der Waals surface area (Å²) in [5, 5.41) is 38.6. The van der Waals surface area contributed by atoms with Crippen LogP contribution in [0.4, 0.5) is 17.1 Å². The summed E-state index contributed by atoms with van der Waals surface area (Å²) in [6, 6.07) is 9.21. The van der Waals surface area contributed by atoms with Gasteiger partial charge in [0, 0.05) is 30.7 Å². The number of rotatable bonds is 7. The Morgan fingerprint density at radius 3 is 2.44 bits per heavy atom. The molecule has 0 spiro atoms. The first-order chi connectivity index (χ1) is 12.7. The van der Waals surface area contributed by atoms with E-state index in [0.717, 1.165) is 0 Å². The predicted molar refractivity (Wildman–Crippen MR) is 101 cm³/mol. The smallest absolute Gasteiger partial charge is 0.296 e. The van der Waals surface area contributed by atoms with Crippen LogP contribution in [0, 0.1) is 10.1 Å². The molecule has 2 N–H and O–H groups in total. The van der Waals surface area contributed by atoms with Gasteiger partial charge >= 0.3 is 0 Å². The number of aliphatic hydroxyl groups excluding tert-OH is 1. The van der Waals surface area contributed by atoms with Crippen molar-refractivity contribution >= 4 is 17.1 Å². The summed E-state index contributed by atoms with van der Waals surface area (Å²) in [7, 11) is 0. The summed E-state index contributed by atoms with van der Waals surface area (Å²) >= 11 is 0. The van der Waals surface area contributed by atoms with Gasteiger partial charge in [-0.15, -0.1) is 10.2 Å². The molecular weight excluding hydrogens is 350 g/mol. The van der Waals surface area contributed by atoms with Gasteiger partial charge in [0.05, 0.1) is 11.5 Å². The van der Waals surface area contributed by atoms with Crippen molar-refractivity contribution in [1.82, 2.24) is 0 Å². The summed E-state index contributed by atoms with van der Waals surface area (Å²) < 4.78 is 5.61. The Morgan fingerprint density at radius 2 is 1.81 bits per heavy atom. The van der Waals surface area contributed by atoms with Crippen LogP contribution >= 0.6 is 0 Å². The normalized spacial score (nSPS) is 11.7. The van der Waals surface area contributed by atoms with Crippen LogP contribution in [0.25, 0.3) is 0 Å². The van der Waals surface area contributed by atoms with Gasteiger partial charge < -0.3 is 14.9 Å². The highest BCUT2D eigenvalue weighted by atomic mass is 16.6.